The summed E-state index contributed by atoms with van der Waals surface area (Å²) in [6, 6.07) is 7.33. The van der Waals surface area contributed by atoms with Crippen LogP contribution in [0.3, 0.4) is 0 Å². The van der Waals surface area contributed by atoms with E-state index in [9.17, 15) is 4.79 Å². The molecule has 1 aliphatic heterocycles. The summed E-state index contributed by atoms with van der Waals surface area (Å²) in [6.07, 6.45) is 1.62. The number of carbonyl (C=O) groups excluding carboxylic acids is 1. The zero-order valence-electron chi connectivity index (χ0n) is 10.4. The predicted octanol–water partition coefficient (Wildman–Crippen LogP) is 1.48. The maximum Gasteiger partial charge on any atom is 0.253 e. The maximum absolute atomic E-state index is 12.3. The number of fused-ring (bicyclic) bond motifs is 1. The first-order valence-corrected chi connectivity index (χ1v) is 5.74. The van der Waals surface area contributed by atoms with Crippen LogP contribution >= 0.6 is 0 Å². The summed E-state index contributed by atoms with van der Waals surface area (Å²) < 4.78 is 12.7. The van der Waals surface area contributed by atoms with Crippen LogP contribution in [0.15, 0.2) is 34.9 Å². The third-order valence-corrected chi connectivity index (χ3v) is 3.04. The minimum atomic E-state index is 0.0335. The van der Waals surface area contributed by atoms with E-state index in [2.05, 4.69) is 0 Å². The highest BCUT2D eigenvalue weighted by Crippen LogP contribution is 2.18. The van der Waals surface area contributed by atoms with Gasteiger partial charge >= 0.3 is 0 Å². The van der Waals surface area contributed by atoms with Gasteiger partial charge in [0.15, 0.2) is 0 Å². The second-order valence-corrected chi connectivity index (χ2v) is 4.14. The molecule has 1 aliphatic rings. The van der Waals surface area contributed by atoms with Crippen LogP contribution in [0.2, 0.25) is 1.41 Å². The van der Waals surface area contributed by atoms with Crippen molar-refractivity contribution in [1.29, 1.82) is 0 Å². The van der Waals surface area contributed by atoms with Crippen molar-refractivity contribution in [3.63, 3.8) is 0 Å². The Labute approximate surface area is 101 Å². The molecule has 4 heteroatoms. The van der Waals surface area contributed by atoms with E-state index in [1.807, 2.05) is 18.2 Å². The van der Waals surface area contributed by atoms with Gasteiger partial charge in [-0.3, -0.25) is 4.79 Å². The number of nitrogens with one attached hydrogen (secondary N) is 1. The SMILES string of the molecule is [2H]N1CCN(C(=O)c2ccc3occc3c2)CC1. The number of furan rings is 1. The van der Waals surface area contributed by atoms with Crippen LogP contribution in [0.25, 0.3) is 11.0 Å². The first-order chi connectivity index (χ1) is 8.74. The molecule has 0 bridgehead atoms. The molecule has 1 aromatic carbocycles. The molecule has 2 aromatic rings. The van der Waals surface area contributed by atoms with Crippen molar-refractivity contribution in [2.75, 3.05) is 26.2 Å². The lowest BCUT2D eigenvalue weighted by molar-refractivity contribution is 0.0736. The van der Waals surface area contributed by atoms with E-state index in [0.717, 1.165) is 11.0 Å². The predicted molar refractivity (Wildman–Crippen MR) is 65.0 cm³/mol. The van der Waals surface area contributed by atoms with Crippen LogP contribution in [0.4, 0.5) is 0 Å². The van der Waals surface area contributed by atoms with Crippen LogP contribution in [0.5, 0.6) is 0 Å². The second kappa shape index (κ2) is 4.22. The summed E-state index contributed by atoms with van der Waals surface area (Å²) in [7, 11) is 0. The number of hydrogen-bond donors (Lipinski definition) is 1. The molecule has 4 nitrogen and oxygen atoms in total. The number of nitrogens with zero attached hydrogens (tertiary/aromatic N) is 1. The molecule has 2 heterocycles. The Morgan fingerprint density at radius 1 is 1.35 bits per heavy atom. The molecule has 17 heavy (non-hydrogen) atoms. The highest BCUT2D eigenvalue weighted by atomic mass is 16.3. The van der Waals surface area contributed by atoms with Gasteiger partial charge in [-0.05, 0) is 24.3 Å². The maximum atomic E-state index is 12.3. The van der Waals surface area contributed by atoms with Crippen molar-refractivity contribution in [2.45, 2.75) is 0 Å². The topological polar surface area (TPSA) is 45.5 Å². The zero-order chi connectivity index (χ0) is 12.5. The fourth-order valence-electron chi connectivity index (χ4n) is 2.09. The third-order valence-electron chi connectivity index (χ3n) is 3.04. The van der Waals surface area contributed by atoms with Crippen LogP contribution in [0.1, 0.15) is 10.4 Å². The largest absolute Gasteiger partial charge is 0.464 e. The minimum absolute atomic E-state index is 0.0335. The van der Waals surface area contributed by atoms with Gasteiger partial charge in [-0.15, -0.1) is 0 Å². The van der Waals surface area contributed by atoms with E-state index >= 15 is 0 Å². The number of hydrogen-bond acceptors (Lipinski definition) is 3. The Hall–Kier alpha value is -1.81. The number of rotatable bonds is 1. The van der Waals surface area contributed by atoms with Gasteiger partial charge in [0.25, 0.3) is 5.91 Å². The molecule has 0 aliphatic carbocycles. The first-order valence-electron chi connectivity index (χ1n) is 6.19. The van der Waals surface area contributed by atoms with Gasteiger partial charge in [-0.1, -0.05) is 0 Å². The highest BCUT2D eigenvalue weighted by molar-refractivity contribution is 5.97. The second-order valence-electron chi connectivity index (χ2n) is 4.14. The molecule has 1 saturated heterocycles. The van der Waals surface area contributed by atoms with Crippen molar-refractivity contribution in [3.05, 3.63) is 36.1 Å². The lowest BCUT2D eigenvalue weighted by Crippen LogP contribution is -2.46. The molecule has 0 atom stereocenters. The van der Waals surface area contributed by atoms with Crippen molar-refractivity contribution in [1.82, 2.24) is 10.2 Å². The van der Waals surface area contributed by atoms with E-state index in [4.69, 9.17) is 5.83 Å². The Morgan fingerprint density at radius 2 is 2.18 bits per heavy atom. The molecule has 1 aromatic heterocycles. The summed E-state index contributed by atoms with van der Waals surface area (Å²) >= 11 is 0. The molecule has 1 amide bonds. The Bertz CT molecular complexity index is 573. The van der Waals surface area contributed by atoms with Gasteiger partial charge in [-0.25, -0.2) is 0 Å². The molecular weight excluding hydrogens is 216 g/mol. The Morgan fingerprint density at radius 3 is 3.00 bits per heavy atom. The number of piperazine rings is 1. The molecule has 88 valence electrons. The van der Waals surface area contributed by atoms with Crippen LogP contribution in [0, 0.1) is 0 Å². The van der Waals surface area contributed by atoms with Crippen molar-refractivity contribution >= 4 is 16.9 Å². The summed E-state index contributed by atoms with van der Waals surface area (Å²) in [6.45, 7) is 2.46. The summed E-state index contributed by atoms with van der Waals surface area (Å²) in [5, 5.41) is 2.43. The smallest absolute Gasteiger partial charge is 0.253 e. The fraction of sp³-hybridized carbons (Fsp3) is 0.308. The average molecular weight is 231 g/mol. The molecule has 0 unspecified atom stereocenters. The summed E-state index contributed by atoms with van der Waals surface area (Å²) in [5.74, 6) is 0.0335. The molecule has 1 N–H and O–H groups in total. The zero-order valence-corrected chi connectivity index (χ0v) is 9.43. The highest BCUT2D eigenvalue weighted by Gasteiger charge is 2.18. The number of carbonyl (C=O) groups is 1. The Kier molecular flexibility index (Phi) is 2.29. The lowest BCUT2D eigenvalue weighted by atomic mass is 10.1. The number of amides is 1. The summed E-state index contributed by atoms with van der Waals surface area (Å²) in [5.41, 5.74) is 1.48. The lowest BCUT2D eigenvalue weighted by Gasteiger charge is -2.27. The van der Waals surface area contributed by atoms with Gasteiger partial charge in [0, 0.05) is 37.1 Å². The first kappa shape index (κ1) is 9.24. The molecule has 1 fully saturated rings. The van der Waals surface area contributed by atoms with Gasteiger partial charge in [-0.2, -0.15) is 0 Å². The van der Waals surface area contributed by atoms with Gasteiger partial charge in [0.2, 0.25) is 0 Å². The van der Waals surface area contributed by atoms with E-state index in [0.29, 0.717) is 31.7 Å². The van der Waals surface area contributed by atoms with E-state index in [1.165, 1.54) is 5.31 Å². The van der Waals surface area contributed by atoms with Gasteiger partial charge < -0.3 is 14.6 Å². The molecule has 0 spiro atoms. The van der Waals surface area contributed by atoms with E-state index in [-0.39, 0.29) is 5.91 Å². The third kappa shape index (κ3) is 1.91. The molecule has 3 rings (SSSR count). The molecular formula is C13H14N2O2. The standard InChI is InChI=1S/C13H14N2O2/c16-13(15-6-4-14-5-7-15)11-1-2-12-10(9-11)3-8-17-12/h1-3,8-9,14H,4-7H2/i/hD. The van der Waals surface area contributed by atoms with Crippen LogP contribution in [-0.4, -0.2) is 37.0 Å². The summed E-state index contributed by atoms with van der Waals surface area (Å²) in [4.78, 5) is 14.1. The Balaban J connectivity index is 1.82. The quantitative estimate of drug-likeness (QED) is 0.808. The monoisotopic (exact) mass is 231 g/mol. The van der Waals surface area contributed by atoms with Crippen LogP contribution in [-0.2, 0) is 0 Å². The van der Waals surface area contributed by atoms with E-state index < -0.39 is 0 Å². The molecule has 0 saturated carbocycles. The van der Waals surface area contributed by atoms with E-state index in [1.54, 1.807) is 17.2 Å². The fourth-order valence-corrected chi connectivity index (χ4v) is 2.09. The van der Waals surface area contributed by atoms with Crippen LogP contribution < -0.4 is 5.31 Å². The normalized spacial score (nSPS) is 18.4. The van der Waals surface area contributed by atoms with Crippen molar-refractivity contribution in [3.8, 4) is 0 Å². The average Bonchev–Trinajstić information content (AvgIpc) is 2.86. The van der Waals surface area contributed by atoms with Gasteiger partial charge in [0.05, 0.1) is 6.26 Å². The van der Waals surface area contributed by atoms with Crippen molar-refractivity contribution in [2.24, 2.45) is 0 Å². The number of benzene rings is 1. The van der Waals surface area contributed by atoms with Gasteiger partial charge in [0.1, 0.15) is 6.99 Å². The minimum Gasteiger partial charge on any atom is -0.464 e. The molecule has 0 radical (unpaired) electrons. The van der Waals surface area contributed by atoms with Crippen molar-refractivity contribution < 1.29 is 10.6 Å².